The molecule has 0 N–H and O–H groups in total. The van der Waals surface area contributed by atoms with E-state index in [2.05, 4.69) is 0 Å². The predicted molar refractivity (Wildman–Crippen MR) is 97.2 cm³/mol. The fourth-order valence-corrected chi connectivity index (χ4v) is 3.37. The maximum absolute atomic E-state index is 12.2. The normalized spacial score (nSPS) is 12.1. The van der Waals surface area contributed by atoms with Crippen molar-refractivity contribution >= 4 is 87.2 Å². The van der Waals surface area contributed by atoms with Crippen molar-refractivity contribution in [2.75, 3.05) is 0 Å². The van der Waals surface area contributed by atoms with Gasteiger partial charge in [0.1, 0.15) is 10.0 Å². The number of esters is 1. The van der Waals surface area contributed by atoms with Crippen LogP contribution in [-0.4, -0.2) is 5.97 Å². The van der Waals surface area contributed by atoms with Crippen molar-refractivity contribution in [2.45, 2.75) is 5.38 Å². The highest BCUT2D eigenvalue weighted by atomic mass is 35.5. The van der Waals surface area contributed by atoms with E-state index in [1.54, 1.807) is 24.3 Å². The molecule has 1 atom stereocenters. The molecule has 2 rings (SSSR count). The van der Waals surface area contributed by atoms with Crippen molar-refractivity contribution in [1.82, 2.24) is 0 Å². The van der Waals surface area contributed by atoms with Gasteiger partial charge in [-0.15, -0.1) is 11.6 Å². The molecule has 0 aliphatic rings. The summed E-state index contributed by atoms with van der Waals surface area (Å²) in [7, 11) is 0. The van der Waals surface area contributed by atoms with E-state index >= 15 is 0 Å². The van der Waals surface area contributed by atoms with Crippen LogP contribution in [0.4, 0.5) is 0 Å². The Labute approximate surface area is 167 Å². The van der Waals surface area contributed by atoms with Crippen molar-refractivity contribution < 1.29 is 9.53 Å². The van der Waals surface area contributed by atoms with Crippen molar-refractivity contribution in [3.05, 3.63) is 60.0 Å². The van der Waals surface area contributed by atoms with Gasteiger partial charge < -0.3 is 4.74 Å². The molecule has 0 unspecified atom stereocenters. The lowest BCUT2D eigenvalue weighted by Gasteiger charge is -2.15. The molecule has 0 aromatic heterocycles. The fourth-order valence-electron chi connectivity index (χ4n) is 1.63. The number of hydrogen-bond acceptors (Lipinski definition) is 2. The van der Waals surface area contributed by atoms with Crippen LogP contribution in [-0.2, 0) is 4.79 Å². The van der Waals surface area contributed by atoms with Crippen LogP contribution < -0.4 is 4.74 Å². The third kappa shape index (κ3) is 3.96. The lowest BCUT2D eigenvalue weighted by Crippen LogP contribution is -2.15. The maximum atomic E-state index is 12.2. The first-order valence-corrected chi connectivity index (χ1v) is 8.57. The van der Waals surface area contributed by atoms with Gasteiger partial charge in [0.05, 0.1) is 15.1 Å². The minimum atomic E-state index is -1.18. The van der Waals surface area contributed by atoms with Gasteiger partial charge in [0.2, 0.25) is 0 Å². The zero-order valence-electron chi connectivity index (χ0n) is 10.8. The number of benzene rings is 2. The molecule has 0 bridgehead atoms. The Balaban J connectivity index is 2.37. The van der Waals surface area contributed by atoms with Gasteiger partial charge in [-0.3, -0.25) is 0 Å². The summed E-state index contributed by atoms with van der Waals surface area (Å²) in [5.41, 5.74) is 0.374. The summed E-state index contributed by atoms with van der Waals surface area (Å²) in [5, 5.41) is -1.39. The van der Waals surface area contributed by atoms with Crippen molar-refractivity contribution in [3.63, 3.8) is 0 Å². The van der Waals surface area contributed by atoms with Gasteiger partial charge in [-0.05, 0) is 11.6 Å². The average molecular weight is 453 g/mol. The van der Waals surface area contributed by atoms with Crippen LogP contribution in [0.2, 0.25) is 30.1 Å². The van der Waals surface area contributed by atoms with Gasteiger partial charge in [0.25, 0.3) is 0 Å². The molecule has 0 aliphatic heterocycles. The standard InChI is InChI=1S/C14H5Cl7O2/c15-6-4-2-1-3-5(6)7(16)14(22)23-13-11(20)9(18)8(17)10(19)12(13)21/h1-4,7H/t7-/m0/s1. The Morgan fingerprint density at radius 1 is 0.826 bits per heavy atom. The number of hydrogen-bond donors (Lipinski definition) is 0. The van der Waals surface area contributed by atoms with Crippen LogP contribution in [0.1, 0.15) is 10.9 Å². The minimum absolute atomic E-state index is 0.0448. The Bertz CT molecular complexity index is 747. The molecule has 9 heteroatoms. The Morgan fingerprint density at radius 3 is 1.83 bits per heavy atom. The molecular weight excluding hydrogens is 448 g/mol. The highest BCUT2D eigenvalue weighted by molar-refractivity contribution is 6.55. The third-order valence-electron chi connectivity index (χ3n) is 2.76. The average Bonchev–Trinajstić information content (AvgIpc) is 2.54. The first-order valence-electron chi connectivity index (χ1n) is 5.87. The molecule has 0 spiro atoms. The van der Waals surface area contributed by atoms with E-state index in [-0.39, 0.29) is 30.9 Å². The van der Waals surface area contributed by atoms with Gasteiger partial charge in [0.15, 0.2) is 11.1 Å². The van der Waals surface area contributed by atoms with Crippen LogP contribution in [0.5, 0.6) is 5.75 Å². The summed E-state index contributed by atoms with van der Waals surface area (Å²) < 4.78 is 5.14. The van der Waals surface area contributed by atoms with E-state index < -0.39 is 11.3 Å². The molecule has 0 saturated heterocycles. The van der Waals surface area contributed by atoms with Gasteiger partial charge in [-0.1, -0.05) is 87.8 Å². The molecule has 0 heterocycles. The molecule has 122 valence electrons. The highest BCUT2D eigenvalue weighted by Gasteiger charge is 2.27. The second-order valence-electron chi connectivity index (χ2n) is 4.20. The van der Waals surface area contributed by atoms with Gasteiger partial charge in [-0.2, -0.15) is 0 Å². The summed E-state index contributed by atoms with van der Waals surface area (Å²) in [5.74, 6) is -1.08. The number of alkyl halides is 1. The van der Waals surface area contributed by atoms with E-state index in [0.29, 0.717) is 10.6 Å². The fraction of sp³-hybridized carbons (Fsp3) is 0.0714. The maximum Gasteiger partial charge on any atom is 0.334 e. The Hall–Kier alpha value is -0.0600. The quantitative estimate of drug-likeness (QED) is 0.158. The van der Waals surface area contributed by atoms with Crippen LogP contribution in [0.3, 0.4) is 0 Å². The number of rotatable bonds is 3. The number of carbonyl (C=O) groups excluding carboxylic acids is 1. The zero-order valence-corrected chi connectivity index (χ0v) is 16.1. The SMILES string of the molecule is O=C(Oc1c(Cl)c(Cl)c(Cl)c(Cl)c1Cl)[C@@H](Cl)c1ccccc1Cl. The third-order valence-corrected chi connectivity index (χ3v) is 5.76. The molecule has 23 heavy (non-hydrogen) atoms. The van der Waals surface area contributed by atoms with Gasteiger partial charge >= 0.3 is 5.97 Å². The van der Waals surface area contributed by atoms with Crippen molar-refractivity contribution in [1.29, 1.82) is 0 Å². The number of ether oxygens (including phenoxy) is 1. The first kappa shape index (κ1) is 19.3. The molecule has 2 nitrogen and oxygen atoms in total. The zero-order chi connectivity index (χ0) is 17.3. The van der Waals surface area contributed by atoms with Crippen molar-refractivity contribution in [2.24, 2.45) is 0 Å². The molecule has 0 amide bonds. The molecule has 0 saturated carbocycles. The van der Waals surface area contributed by atoms with Crippen LogP contribution in [0.15, 0.2) is 24.3 Å². The first-order chi connectivity index (χ1) is 10.8. The summed E-state index contributed by atoms with van der Waals surface area (Å²) in [4.78, 5) is 12.2. The van der Waals surface area contributed by atoms with E-state index in [4.69, 9.17) is 85.9 Å². The topological polar surface area (TPSA) is 26.3 Å². The molecular formula is C14H5Cl7O2. The summed E-state index contributed by atoms with van der Waals surface area (Å²) in [6.45, 7) is 0. The van der Waals surface area contributed by atoms with E-state index in [9.17, 15) is 4.79 Å². The molecule has 2 aromatic carbocycles. The smallest absolute Gasteiger partial charge is 0.334 e. The van der Waals surface area contributed by atoms with E-state index in [0.717, 1.165) is 0 Å². The predicted octanol–water partition coefficient (Wildman–Crippen LogP) is 7.49. The van der Waals surface area contributed by atoms with E-state index in [1.165, 1.54) is 0 Å². The largest absolute Gasteiger partial charge is 0.422 e. The summed E-state index contributed by atoms with van der Waals surface area (Å²) >= 11 is 41.8. The number of carbonyl (C=O) groups is 1. The lowest BCUT2D eigenvalue weighted by molar-refractivity contribution is -0.134. The van der Waals surface area contributed by atoms with E-state index in [1.807, 2.05) is 0 Å². The lowest BCUT2D eigenvalue weighted by atomic mass is 10.1. The van der Waals surface area contributed by atoms with Crippen LogP contribution >= 0.6 is 81.2 Å². The summed E-state index contributed by atoms with van der Waals surface area (Å²) in [6.07, 6.45) is 0. The second kappa shape index (κ2) is 7.88. The van der Waals surface area contributed by atoms with Crippen LogP contribution in [0.25, 0.3) is 0 Å². The Kier molecular flexibility index (Phi) is 6.60. The second-order valence-corrected chi connectivity index (χ2v) is 6.94. The molecule has 0 aliphatic carbocycles. The highest BCUT2D eigenvalue weighted by Crippen LogP contribution is 2.48. The van der Waals surface area contributed by atoms with Gasteiger partial charge in [0, 0.05) is 5.02 Å². The molecule has 0 radical (unpaired) electrons. The number of halogens is 7. The molecule has 2 aromatic rings. The summed E-state index contributed by atoms with van der Waals surface area (Å²) in [6, 6.07) is 6.56. The van der Waals surface area contributed by atoms with Crippen LogP contribution in [0, 0.1) is 0 Å². The van der Waals surface area contributed by atoms with Crippen molar-refractivity contribution in [3.8, 4) is 5.75 Å². The van der Waals surface area contributed by atoms with Gasteiger partial charge in [-0.25, -0.2) is 4.79 Å². The monoisotopic (exact) mass is 450 g/mol. The minimum Gasteiger partial charge on any atom is -0.422 e. The Morgan fingerprint density at radius 2 is 1.30 bits per heavy atom. The molecule has 0 fully saturated rings.